The van der Waals surface area contributed by atoms with Crippen LogP contribution in [0.3, 0.4) is 0 Å². The highest BCUT2D eigenvalue weighted by molar-refractivity contribution is 5.89. The maximum absolute atomic E-state index is 7.41. The molecule has 0 saturated carbocycles. The molecule has 20 heavy (non-hydrogen) atoms. The summed E-state index contributed by atoms with van der Waals surface area (Å²) in [6.07, 6.45) is 2.14. The summed E-state index contributed by atoms with van der Waals surface area (Å²) in [5, 5.41) is 8.45. The van der Waals surface area contributed by atoms with Gasteiger partial charge in [0.05, 0.1) is 11.4 Å². The lowest BCUT2D eigenvalue weighted by Gasteiger charge is -2.26. The Morgan fingerprint density at radius 2 is 2.05 bits per heavy atom. The number of hydrogen-bond donors (Lipinski definition) is 2. The van der Waals surface area contributed by atoms with Crippen LogP contribution in [-0.4, -0.2) is 28.9 Å². The Kier molecular flexibility index (Phi) is 4.50. The first-order valence-electron chi connectivity index (χ1n) is 6.85. The molecule has 2 aromatic rings. The van der Waals surface area contributed by atoms with Crippen molar-refractivity contribution in [3.63, 3.8) is 0 Å². The number of amidine groups is 1. The maximum Gasteiger partial charge on any atom is 0.139 e. The van der Waals surface area contributed by atoms with Crippen LogP contribution in [0.2, 0.25) is 0 Å². The molecule has 0 radical (unpaired) electrons. The van der Waals surface area contributed by atoms with Gasteiger partial charge in [0, 0.05) is 24.9 Å². The van der Waals surface area contributed by atoms with E-state index in [1.165, 1.54) is 0 Å². The fraction of sp³-hybridized carbons (Fsp3) is 0.400. The fourth-order valence-corrected chi connectivity index (χ4v) is 2.22. The maximum atomic E-state index is 7.41. The van der Waals surface area contributed by atoms with Crippen molar-refractivity contribution in [1.29, 1.82) is 5.41 Å². The normalized spacial score (nSPS) is 10.9. The minimum Gasteiger partial charge on any atom is -0.388 e. The van der Waals surface area contributed by atoms with Crippen LogP contribution in [0, 0.1) is 11.3 Å². The third-order valence-electron chi connectivity index (χ3n) is 3.06. The average Bonchev–Trinajstić information content (AvgIpc) is 2.42. The van der Waals surface area contributed by atoms with Crippen LogP contribution in [0.4, 0.5) is 5.82 Å². The zero-order valence-electron chi connectivity index (χ0n) is 12.0. The van der Waals surface area contributed by atoms with E-state index in [1.807, 2.05) is 24.3 Å². The van der Waals surface area contributed by atoms with Crippen LogP contribution in [0.5, 0.6) is 0 Å². The number of para-hydroxylation sites is 1. The van der Waals surface area contributed by atoms with E-state index in [2.05, 4.69) is 28.7 Å². The van der Waals surface area contributed by atoms with Gasteiger partial charge in [-0.15, -0.1) is 0 Å². The summed E-state index contributed by atoms with van der Waals surface area (Å²) < 4.78 is 0. The van der Waals surface area contributed by atoms with E-state index in [4.69, 9.17) is 11.1 Å². The Hall–Kier alpha value is -2.17. The van der Waals surface area contributed by atoms with Crippen LogP contribution >= 0.6 is 0 Å². The number of aromatic nitrogens is 2. The second kappa shape index (κ2) is 6.32. The van der Waals surface area contributed by atoms with Gasteiger partial charge in [-0.3, -0.25) is 5.41 Å². The minimum absolute atomic E-state index is 0.206. The van der Waals surface area contributed by atoms with Crippen LogP contribution < -0.4 is 10.6 Å². The van der Waals surface area contributed by atoms with E-state index < -0.39 is 0 Å². The highest BCUT2D eigenvalue weighted by Crippen LogP contribution is 2.23. The summed E-state index contributed by atoms with van der Waals surface area (Å²) in [7, 11) is 0. The lowest BCUT2D eigenvalue weighted by molar-refractivity contribution is 0.610. The van der Waals surface area contributed by atoms with Crippen molar-refractivity contribution in [3.8, 4) is 0 Å². The highest BCUT2D eigenvalue weighted by Gasteiger charge is 2.13. The molecule has 0 amide bonds. The van der Waals surface area contributed by atoms with Crippen molar-refractivity contribution in [2.24, 2.45) is 11.7 Å². The Morgan fingerprint density at radius 3 is 2.75 bits per heavy atom. The lowest BCUT2D eigenvalue weighted by atomic mass is 10.1. The SMILES string of the molecule is CC(C)CN(CCC(=N)N)c1ncnc2ccccc12. The van der Waals surface area contributed by atoms with Gasteiger partial charge in [-0.2, -0.15) is 0 Å². The number of rotatable bonds is 6. The predicted octanol–water partition coefficient (Wildman–Crippen LogP) is 2.42. The second-order valence-corrected chi connectivity index (χ2v) is 5.33. The van der Waals surface area contributed by atoms with Crippen LogP contribution in [-0.2, 0) is 0 Å². The Bertz CT molecular complexity index is 588. The van der Waals surface area contributed by atoms with Crippen LogP contribution in [0.1, 0.15) is 20.3 Å². The van der Waals surface area contributed by atoms with E-state index >= 15 is 0 Å². The lowest BCUT2D eigenvalue weighted by Crippen LogP contribution is -2.32. The molecule has 0 atom stereocenters. The monoisotopic (exact) mass is 271 g/mol. The molecule has 1 aromatic heterocycles. The molecule has 0 aliphatic heterocycles. The first-order chi connectivity index (χ1) is 9.58. The van der Waals surface area contributed by atoms with Crippen LogP contribution in [0.25, 0.3) is 10.9 Å². The van der Waals surface area contributed by atoms with Gasteiger partial charge in [-0.05, 0) is 18.1 Å². The highest BCUT2D eigenvalue weighted by atomic mass is 15.2. The molecule has 0 spiro atoms. The molecule has 0 saturated heterocycles. The van der Waals surface area contributed by atoms with E-state index in [9.17, 15) is 0 Å². The number of benzene rings is 1. The minimum atomic E-state index is 0.206. The molecular weight excluding hydrogens is 250 g/mol. The smallest absolute Gasteiger partial charge is 0.139 e. The van der Waals surface area contributed by atoms with E-state index in [0.717, 1.165) is 23.3 Å². The number of nitrogens with zero attached hydrogens (tertiary/aromatic N) is 3. The third kappa shape index (κ3) is 3.44. The third-order valence-corrected chi connectivity index (χ3v) is 3.06. The van der Waals surface area contributed by atoms with Gasteiger partial charge in [0.15, 0.2) is 0 Å². The van der Waals surface area contributed by atoms with Gasteiger partial charge in [0.25, 0.3) is 0 Å². The molecule has 0 unspecified atom stereocenters. The van der Waals surface area contributed by atoms with Crippen LogP contribution in [0.15, 0.2) is 30.6 Å². The Balaban J connectivity index is 2.36. The number of nitrogens with one attached hydrogen (secondary N) is 1. The number of nitrogens with two attached hydrogens (primary N) is 1. The Morgan fingerprint density at radius 1 is 1.30 bits per heavy atom. The summed E-state index contributed by atoms with van der Waals surface area (Å²) >= 11 is 0. The molecule has 0 aliphatic carbocycles. The first-order valence-corrected chi connectivity index (χ1v) is 6.85. The molecule has 0 bridgehead atoms. The molecule has 5 heteroatoms. The quantitative estimate of drug-likeness (QED) is 0.624. The molecule has 0 fully saturated rings. The largest absolute Gasteiger partial charge is 0.388 e. The molecule has 1 aromatic carbocycles. The summed E-state index contributed by atoms with van der Waals surface area (Å²) in [6.45, 7) is 5.93. The van der Waals surface area contributed by atoms with Gasteiger partial charge in [-0.1, -0.05) is 26.0 Å². The predicted molar refractivity (Wildman–Crippen MR) is 83.1 cm³/mol. The molecule has 3 N–H and O–H groups in total. The molecule has 1 heterocycles. The van der Waals surface area contributed by atoms with Gasteiger partial charge in [0.2, 0.25) is 0 Å². The summed E-state index contributed by atoms with van der Waals surface area (Å²) in [6, 6.07) is 7.99. The standard InChI is InChI=1S/C15H21N5/c1-11(2)9-20(8-7-14(16)17)15-12-5-3-4-6-13(12)18-10-19-15/h3-6,10-11H,7-9H2,1-2H3,(H3,16,17). The molecular formula is C15H21N5. The number of fused-ring (bicyclic) bond motifs is 1. The Labute approximate surface area is 119 Å². The molecule has 106 valence electrons. The van der Waals surface area contributed by atoms with Gasteiger partial charge >= 0.3 is 0 Å². The zero-order valence-corrected chi connectivity index (χ0v) is 12.0. The van der Waals surface area contributed by atoms with Crippen molar-refractivity contribution in [1.82, 2.24) is 9.97 Å². The number of hydrogen-bond acceptors (Lipinski definition) is 4. The van der Waals surface area contributed by atoms with E-state index in [0.29, 0.717) is 18.9 Å². The van der Waals surface area contributed by atoms with Crippen molar-refractivity contribution in [2.75, 3.05) is 18.0 Å². The summed E-state index contributed by atoms with van der Waals surface area (Å²) in [5.41, 5.74) is 6.43. The first kappa shape index (κ1) is 14.2. The van der Waals surface area contributed by atoms with Gasteiger partial charge in [-0.25, -0.2) is 9.97 Å². The van der Waals surface area contributed by atoms with E-state index in [1.54, 1.807) is 6.33 Å². The molecule has 5 nitrogen and oxygen atoms in total. The average molecular weight is 271 g/mol. The van der Waals surface area contributed by atoms with Crippen molar-refractivity contribution in [3.05, 3.63) is 30.6 Å². The van der Waals surface area contributed by atoms with Gasteiger partial charge in [0.1, 0.15) is 12.1 Å². The number of anilines is 1. The fourth-order valence-electron chi connectivity index (χ4n) is 2.22. The zero-order chi connectivity index (χ0) is 14.5. The van der Waals surface area contributed by atoms with Crippen molar-refractivity contribution < 1.29 is 0 Å². The molecule has 2 rings (SSSR count). The topological polar surface area (TPSA) is 78.9 Å². The molecule has 0 aliphatic rings. The van der Waals surface area contributed by atoms with E-state index in [-0.39, 0.29) is 5.84 Å². The van der Waals surface area contributed by atoms with Crippen molar-refractivity contribution >= 4 is 22.6 Å². The van der Waals surface area contributed by atoms with Crippen molar-refractivity contribution in [2.45, 2.75) is 20.3 Å². The summed E-state index contributed by atoms with van der Waals surface area (Å²) in [4.78, 5) is 10.9. The van der Waals surface area contributed by atoms with Gasteiger partial charge < -0.3 is 10.6 Å². The summed E-state index contributed by atoms with van der Waals surface area (Å²) in [5.74, 6) is 1.64. The second-order valence-electron chi connectivity index (χ2n) is 5.33.